The van der Waals surface area contributed by atoms with Crippen LogP contribution in [0.1, 0.15) is 11.1 Å². The van der Waals surface area contributed by atoms with Crippen molar-refractivity contribution in [2.24, 2.45) is 16.6 Å². The molecule has 0 heterocycles. The predicted molar refractivity (Wildman–Crippen MR) is 55.3 cm³/mol. The van der Waals surface area contributed by atoms with Crippen LogP contribution in [0.15, 0.2) is 23.3 Å². The van der Waals surface area contributed by atoms with E-state index >= 15 is 0 Å². The van der Waals surface area contributed by atoms with Gasteiger partial charge in [-0.3, -0.25) is 5.43 Å². The summed E-state index contributed by atoms with van der Waals surface area (Å²) in [6, 6.07) is 5.99. The number of anilines is 1. The minimum Gasteiger partial charge on any atom is -0.369 e. The molecular formula is C9H14N4. The van der Waals surface area contributed by atoms with Crippen LogP contribution in [0.5, 0.6) is 0 Å². The van der Waals surface area contributed by atoms with E-state index in [1.54, 1.807) is 0 Å². The van der Waals surface area contributed by atoms with Gasteiger partial charge < -0.3 is 11.5 Å². The lowest BCUT2D eigenvalue weighted by molar-refractivity contribution is 1.24. The third-order valence-electron chi connectivity index (χ3n) is 1.78. The average Bonchev–Trinajstić information content (AvgIpc) is 2.03. The largest absolute Gasteiger partial charge is 0.369 e. The maximum Gasteiger partial charge on any atom is 0.208 e. The van der Waals surface area contributed by atoms with Crippen molar-refractivity contribution < 1.29 is 0 Å². The van der Waals surface area contributed by atoms with Crippen LogP contribution in [-0.2, 0) is 0 Å². The SMILES string of the molecule is Cc1cccc(C)c1NN=C(N)N. The Hall–Kier alpha value is -1.71. The van der Waals surface area contributed by atoms with Gasteiger partial charge in [-0.2, -0.15) is 0 Å². The molecular weight excluding hydrogens is 164 g/mol. The molecule has 0 aromatic heterocycles. The van der Waals surface area contributed by atoms with Crippen LogP contribution in [0.2, 0.25) is 0 Å². The van der Waals surface area contributed by atoms with E-state index in [1.807, 2.05) is 32.0 Å². The molecule has 0 atom stereocenters. The van der Waals surface area contributed by atoms with Gasteiger partial charge in [0, 0.05) is 0 Å². The Labute approximate surface area is 77.6 Å². The number of nitrogens with two attached hydrogens (primary N) is 2. The summed E-state index contributed by atoms with van der Waals surface area (Å²) in [7, 11) is 0. The molecule has 0 radical (unpaired) electrons. The third kappa shape index (κ3) is 2.37. The molecule has 0 bridgehead atoms. The van der Waals surface area contributed by atoms with E-state index in [-0.39, 0.29) is 5.96 Å². The zero-order chi connectivity index (χ0) is 9.84. The zero-order valence-electron chi connectivity index (χ0n) is 7.83. The van der Waals surface area contributed by atoms with Gasteiger partial charge in [0.2, 0.25) is 5.96 Å². The van der Waals surface area contributed by atoms with Crippen LogP contribution in [0, 0.1) is 13.8 Å². The van der Waals surface area contributed by atoms with Crippen molar-refractivity contribution >= 4 is 11.6 Å². The Bertz CT molecular complexity index is 306. The van der Waals surface area contributed by atoms with E-state index in [4.69, 9.17) is 11.5 Å². The number of hydrogen-bond donors (Lipinski definition) is 3. The lowest BCUT2D eigenvalue weighted by Crippen LogP contribution is -2.24. The summed E-state index contributed by atoms with van der Waals surface area (Å²) in [6.45, 7) is 4.00. The fourth-order valence-electron chi connectivity index (χ4n) is 1.11. The first-order valence-corrected chi connectivity index (χ1v) is 4.02. The molecule has 0 amide bonds. The highest BCUT2D eigenvalue weighted by Gasteiger charge is 1.99. The summed E-state index contributed by atoms with van der Waals surface area (Å²) in [5.41, 5.74) is 16.4. The average molecular weight is 178 g/mol. The van der Waals surface area contributed by atoms with Crippen molar-refractivity contribution in [3.63, 3.8) is 0 Å². The molecule has 1 aromatic rings. The summed E-state index contributed by atoms with van der Waals surface area (Å²) in [5, 5.41) is 3.74. The molecule has 4 heteroatoms. The third-order valence-corrected chi connectivity index (χ3v) is 1.78. The minimum absolute atomic E-state index is 0.0302. The first-order valence-electron chi connectivity index (χ1n) is 4.02. The second-order valence-electron chi connectivity index (χ2n) is 2.92. The van der Waals surface area contributed by atoms with E-state index in [9.17, 15) is 0 Å². The molecule has 13 heavy (non-hydrogen) atoms. The molecule has 0 saturated carbocycles. The maximum absolute atomic E-state index is 5.21. The van der Waals surface area contributed by atoms with Crippen LogP contribution in [0.4, 0.5) is 5.69 Å². The van der Waals surface area contributed by atoms with Crippen LogP contribution in [0.3, 0.4) is 0 Å². The van der Waals surface area contributed by atoms with Gasteiger partial charge in [0.1, 0.15) is 0 Å². The van der Waals surface area contributed by atoms with Gasteiger partial charge >= 0.3 is 0 Å². The Kier molecular flexibility index (Phi) is 2.74. The first-order chi connectivity index (χ1) is 6.11. The van der Waals surface area contributed by atoms with Crippen LogP contribution < -0.4 is 16.9 Å². The normalized spacial score (nSPS) is 9.38. The highest BCUT2D eigenvalue weighted by molar-refractivity contribution is 5.77. The summed E-state index contributed by atoms with van der Waals surface area (Å²) in [6.07, 6.45) is 0. The van der Waals surface area contributed by atoms with Crippen molar-refractivity contribution in [2.75, 3.05) is 5.43 Å². The van der Waals surface area contributed by atoms with Crippen molar-refractivity contribution in [1.29, 1.82) is 0 Å². The fraction of sp³-hybridized carbons (Fsp3) is 0.222. The molecule has 0 spiro atoms. The molecule has 0 aliphatic heterocycles. The highest BCUT2D eigenvalue weighted by atomic mass is 15.3. The van der Waals surface area contributed by atoms with E-state index in [0.717, 1.165) is 16.8 Å². The number of para-hydroxylation sites is 1. The second-order valence-corrected chi connectivity index (χ2v) is 2.92. The lowest BCUT2D eigenvalue weighted by Gasteiger charge is -2.07. The summed E-state index contributed by atoms with van der Waals surface area (Å²) >= 11 is 0. The molecule has 1 rings (SSSR count). The molecule has 5 N–H and O–H groups in total. The fourth-order valence-corrected chi connectivity index (χ4v) is 1.11. The van der Waals surface area contributed by atoms with Crippen LogP contribution in [-0.4, -0.2) is 5.96 Å². The summed E-state index contributed by atoms with van der Waals surface area (Å²) in [4.78, 5) is 0. The second kappa shape index (κ2) is 3.80. The van der Waals surface area contributed by atoms with Gasteiger partial charge in [-0.05, 0) is 25.0 Å². The van der Waals surface area contributed by atoms with Crippen LogP contribution in [0.25, 0.3) is 0 Å². The smallest absolute Gasteiger partial charge is 0.208 e. The van der Waals surface area contributed by atoms with E-state index in [1.165, 1.54) is 0 Å². The van der Waals surface area contributed by atoms with Crippen molar-refractivity contribution in [2.45, 2.75) is 13.8 Å². The van der Waals surface area contributed by atoms with E-state index in [2.05, 4.69) is 10.5 Å². The van der Waals surface area contributed by atoms with Gasteiger partial charge in [-0.1, -0.05) is 18.2 Å². The number of rotatable bonds is 2. The molecule has 70 valence electrons. The highest BCUT2D eigenvalue weighted by Crippen LogP contribution is 2.18. The van der Waals surface area contributed by atoms with Gasteiger partial charge in [-0.25, -0.2) is 0 Å². The summed E-state index contributed by atoms with van der Waals surface area (Å²) < 4.78 is 0. The predicted octanol–water partition coefficient (Wildman–Crippen LogP) is 0.904. The molecule has 0 saturated heterocycles. The topological polar surface area (TPSA) is 76.4 Å². The maximum atomic E-state index is 5.21. The van der Waals surface area contributed by atoms with Gasteiger partial charge in [0.05, 0.1) is 5.69 Å². The standard InChI is InChI=1S/C9H14N4/c1-6-4-3-5-7(2)8(6)12-13-9(10)11/h3-5,12H,1-2H3,(H4,10,11,13). The van der Waals surface area contributed by atoms with Gasteiger partial charge in [-0.15, -0.1) is 5.10 Å². The lowest BCUT2D eigenvalue weighted by atomic mass is 10.1. The Morgan fingerprint density at radius 2 is 1.77 bits per heavy atom. The molecule has 1 aromatic carbocycles. The number of hydrazone groups is 1. The summed E-state index contributed by atoms with van der Waals surface area (Å²) in [5.74, 6) is 0.0302. The van der Waals surface area contributed by atoms with Crippen molar-refractivity contribution in [3.8, 4) is 0 Å². The van der Waals surface area contributed by atoms with Gasteiger partial charge in [0.25, 0.3) is 0 Å². The first kappa shape index (κ1) is 9.38. The number of benzene rings is 1. The Balaban J connectivity index is 2.94. The number of nitrogens with zero attached hydrogens (tertiary/aromatic N) is 1. The minimum atomic E-state index is 0.0302. The Morgan fingerprint density at radius 3 is 2.23 bits per heavy atom. The molecule has 0 unspecified atom stereocenters. The van der Waals surface area contributed by atoms with Crippen LogP contribution >= 0.6 is 0 Å². The van der Waals surface area contributed by atoms with Crippen molar-refractivity contribution in [3.05, 3.63) is 29.3 Å². The quantitative estimate of drug-likeness (QED) is 0.358. The molecule has 4 nitrogen and oxygen atoms in total. The Morgan fingerprint density at radius 1 is 1.23 bits per heavy atom. The van der Waals surface area contributed by atoms with Gasteiger partial charge in [0.15, 0.2) is 0 Å². The number of nitrogens with one attached hydrogen (secondary N) is 1. The van der Waals surface area contributed by atoms with E-state index < -0.39 is 0 Å². The number of guanidine groups is 1. The number of hydrogen-bond acceptors (Lipinski definition) is 2. The zero-order valence-corrected chi connectivity index (χ0v) is 7.83. The van der Waals surface area contributed by atoms with Crippen molar-refractivity contribution in [1.82, 2.24) is 0 Å². The number of aryl methyl sites for hydroxylation is 2. The molecule has 0 fully saturated rings. The van der Waals surface area contributed by atoms with E-state index in [0.29, 0.717) is 0 Å². The molecule has 0 aliphatic rings. The monoisotopic (exact) mass is 178 g/mol. The molecule has 0 aliphatic carbocycles.